The van der Waals surface area contributed by atoms with Crippen LogP contribution in [0, 0.1) is 0 Å². The fourth-order valence-corrected chi connectivity index (χ4v) is 10.7. The van der Waals surface area contributed by atoms with E-state index in [1.54, 1.807) is 0 Å². The summed E-state index contributed by atoms with van der Waals surface area (Å²) in [5.41, 5.74) is 18.3. The summed E-state index contributed by atoms with van der Waals surface area (Å²) in [6.07, 6.45) is 0. The molecular formula is C61H42N2O. The number of nitrogens with zero attached hydrogens (tertiary/aromatic N) is 2. The minimum absolute atomic E-state index is 0.158. The largest absolute Gasteiger partial charge is 0.456 e. The molecule has 0 N–H and O–H groups in total. The molecule has 10 aromatic carbocycles. The second-order valence-electron chi connectivity index (χ2n) is 17.7. The van der Waals surface area contributed by atoms with Crippen LogP contribution >= 0.6 is 0 Å². The zero-order chi connectivity index (χ0) is 42.5. The molecule has 0 saturated carbocycles. The lowest BCUT2D eigenvalue weighted by Gasteiger charge is -2.26. The van der Waals surface area contributed by atoms with Crippen molar-refractivity contribution in [2.45, 2.75) is 19.3 Å². The van der Waals surface area contributed by atoms with Crippen LogP contribution in [0.3, 0.4) is 0 Å². The summed E-state index contributed by atoms with van der Waals surface area (Å²) >= 11 is 0. The Labute approximate surface area is 371 Å². The van der Waals surface area contributed by atoms with Crippen LogP contribution in [0.15, 0.2) is 223 Å². The van der Waals surface area contributed by atoms with E-state index in [-0.39, 0.29) is 5.41 Å². The Morgan fingerprint density at radius 2 is 1.05 bits per heavy atom. The summed E-state index contributed by atoms with van der Waals surface area (Å²) in [5, 5.41) is 7.04. The molecular weight excluding hydrogens is 777 g/mol. The van der Waals surface area contributed by atoms with Gasteiger partial charge in [-0.05, 0) is 116 Å². The van der Waals surface area contributed by atoms with Crippen molar-refractivity contribution in [3.8, 4) is 39.1 Å². The van der Waals surface area contributed by atoms with Gasteiger partial charge < -0.3 is 13.9 Å². The lowest BCUT2D eigenvalue weighted by atomic mass is 9.81. The highest BCUT2D eigenvalue weighted by Gasteiger charge is 2.36. The first-order valence-electron chi connectivity index (χ1n) is 22.2. The van der Waals surface area contributed by atoms with Gasteiger partial charge >= 0.3 is 0 Å². The number of para-hydroxylation sites is 2. The molecule has 0 saturated heterocycles. The van der Waals surface area contributed by atoms with E-state index in [9.17, 15) is 0 Å². The number of aromatic nitrogens is 1. The standard InChI is InChI=1S/C61H42N2O/c1-61(2)52-23-13-11-21-48(52)49-33-28-43(36-53(49)61)58-59-51-37-47(32-34-54(51)63(44-19-7-4-8-20-44)55(59)38-57-60(58)50-22-12-14-24-56(50)64-57)62(46-31-27-40-17-9-10-18-42(40)35-46)45-29-25-41(26-30-45)39-15-5-3-6-16-39/h3-38H,1-2H3. The summed E-state index contributed by atoms with van der Waals surface area (Å²) in [4.78, 5) is 2.41. The van der Waals surface area contributed by atoms with E-state index in [4.69, 9.17) is 4.42 Å². The minimum atomic E-state index is -0.158. The number of benzene rings is 10. The van der Waals surface area contributed by atoms with E-state index in [2.05, 4.69) is 242 Å². The zero-order valence-corrected chi connectivity index (χ0v) is 35.6. The third-order valence-corrected chi connectivity index (χ3v) is 13.7. The van der Waals surface area contributed by atoms with Gasteiger partial charge in [0.2, 0.25) is 0 Å². The van der Waals surface area contributed by atoms with Crippen LogP contribution in [0.5, 0.6) is 0 Å². The van der Waals surface area contributed by atoms with Gasteiger partial charge in [-0.3, -0.25) is 0 Å². The first-order chi connectivity index (χ1) is 31.5. The molecule has 0 atom stereocenters. The molecule has 0 unspecified atom stereocenters. The smallest absolute Gasteiger partial charge is 0.138 e. The first-order valence-corrected chi connectivity index (χ1v) is 22.2. The second-order valence-corrected chi connectivity index (χ2v) is 17.7. The number of fused-ring (bicyclic) bond motifs is 10. The normalized spacial score (nSPS) is 13.0. The second kappa shape index (κ2) is 13.9. The van der Waals surface area contributed by atoms with E-state index >= 15 is 0 Å². The number of furan rings is 1. The molecule has 0 fully saturated rings. The van der Waals surface area contributed by atoms with Gasteiger partial charge in [0, 0.05) is 61.3 Å². The van der Waals surface area contributed by atoms with Crippen LogP contribution in [-0.2, 0) is 5.41 Å². The fraction of sp³-hybridized carbons (Fsp3) is 0.0492. The lowest BCUT2D eigenvalue weighted by Crippen LogP contribution is -2.14. The third-order valence-electron chi connectivity index (χ3n) is 13.7. The van der Waals surface area contributed by atoms with Crippen molar-refractivity contribution in [3.63, 3.8) is 0 Å². The van der Waals surface area contributed by atoms with Crippen LogP contribution in [0.2, 0.25) is 0 Å². The predicted octanol–water partition coefficient (Wildman–Crippen LogP) is 16.9. The van der Waals surface area contributed by atoms with Gasteiger partial charge in [-0.25, -0.2) is 0 Å². The van der Waals surface area contributed by atoms with E-state index in [1.165, 1.54) is 66.1 Å². The molecule has 1 aliphatic carbocycles. The molecule has 3 heteroatoms. The van der Waals surface area contributed by atoms with Gasteiger partial charge in [-0.1, -0.05) is 159 Å². The van der Waals surface area contributed by atoms with Crippen molar-refractivity contribution < 1.29 is 4.42 Å². The molecule has 0 bridgehead atoms. The molecule has 0 amide bonds. The first kappa shape index (κ1) is 36.5. The van der Waals surface area contributed by atoms with Gasteiger partial charge in [0.25, 0.3) is 0 Å². The molecule has 0 radical (unpaired) electrons. The summed E-state index contributed by atoms with van der Waals surface area (Å²) in [5.74, 6) is 0. The highest BCUT2D eigenvalue weighted by Crippen LogP contribution is 2.53. The van der Waals surface area contributed by atoms with E-state index < -0.39 is 0 Å². The summed E-state index contributed by atoms with van der Waals surface area (Å²) in [6.45, 7) is 4.73. The molecule has 12 aromatic rings. The van der Waals surface area contributed by atoms with Crippen molar-refractivity contribution in [1.82, 2.24) is 4.57 Å². The molecule has 2 heterocycles. The Kier molecular flexibility index (Phi) is 7.95. The molecule has 0 spiro atoms. The predicted molar refractivity (Wildman–Crippen MR) is 269 cm³/mol. The van der Waals surface area contributed by atoms with Crippen molar-refractivity contribution in [1.29, 1.82) is 0 Å². The van der Waals surface area contributed by atoms with Gasteiger partial charge in [-0.15, -0.1) is 0 Å². The van der Waals surface area contributed by atoms with Gasteiger partial charge in [0.1, 0.15) is 11.2 Å². The number of hydrogen-bond donors (Lipinski definition) is 0. The third kappa shape index (κ3) is 5.47. The average Bonchev–Trinajstić information content (AvgIpc) is 3.96. The van der Waals surface area contributed by atoms with Crippen LogP contribution in [0.25, 0.3) is 93.6 Å². The average molecular weight is 819 g/mol. The van der Waals surface area contributed by atoms with Crippen molar-refractivity contribution in [3.05, 3.63) is 230 Å². The Bertz CT molecular complexity index is 3800. The van der Waals surface area contributed by atoms with E-state index in [0.717, 1.165) is 55.7 Å². The Balaban J connectivity index is 1.12. The van der Waals surface area contributed by atoms with Crippen molar-refractivity contribution in [2.75, 3.05) is 4.90 Å². The monoisotopic (exact) mass is 818 g/mol. The fourth-order valence-electron chi connectivity index (χ4n) is 10.7. The summed E-state index contributed by atoms with van der Waals surface area (Å²) in [7, 11) is 0. The Hall–Kier alpha value is -8.14. The highest BCUT2D eigenvalue weighted by atomic mass is 16.3. The number of anilines is 3. The molecule has 3 nitrogen and oxygen atoms in total. The SMILES string of the molecule is CC1(C)c2ccccc2-c2ccc(-c3c4c(cc5c3c3cc(N(c6ccc(-c7ccccc7)cc6)c6ccc7ccccc7c6)ccc3n5-c3ccccc3)oc3ccccc34)cc21. The maximum absolute atomic E-state index is 6.83. The maximum Gasteiger partial charge on any atom is 0.138 e. The number of hydrogen-bond acceptors (Lipinski definition) is 2. The van der Waals surface area contributed by atoms with E-state index in [1.807, 2.05) is 0 Å². The Morgan fingerprint density at radius 1 is 0.406 bits per heavy atom. The molecule has 1 aliphatic rings. The number of rotatable bonds is 6. The van der Waals surface area contributed by atoms with Crippen LogP contribution in [0.4, 0.5) is 17.1 Å². The molecule has 64 heavy (non-hydrogen) atoms. The minimum Gasteiger partial charge on any atom is -0.456 e. The van der Waals surface area contributed by atoms with Gasteiger partial charge in [0.05, 0.1) is 11.0 Å². The molecule has 13 rings (SSSR count). The molecule has 2 aromatic heterocycles. The highest BCUT2D eigenvalue weighted by molar-refractivity contribution is 6.27. The van der Waals surface area contributed by atoms with Crippen LogP contribution in [0.1, 0.15) is 25.0 Å². The lowest BCUT2D eigenvalue weighted by molar-refractivity contribution is 0.660. The van der Waals surface area contributed by atoms with Crippen LogP contribution < -0.4 is 4.90 Å². The van der Waals surface area contributed by atoms with Gasteiger partial charge in [0.15, 0.2) is 0 Å². The quantitative estimate of drug-likeness (QED) is 0.167. The van der Waals surface area contributed by atoms with Crippen LogP contribution in [-0.4, -0.2) is 4.57 Å². The summed E-state index contributed by atoms with van der Waals surface area (Å²) in [6, 6.07) is 79.7. The van der Waals surface area contributed by atoms with Crippen molar-refractivity contribution >= 4 is 71.6 Å². The summed E-state index contributed by atoms with van der Waals surface area (Å²) < 4.78 is 9.25. The Morgan fingerprint density at radius 3 is 1.89 bits per heavy atom. The molecule has 302 valence electrons. The molecule has 0 aliphatic heterocycles. The maximum atomic E-state index is 6.83. The zero-order valence-electron chi connectivity index (χ0n) is 35.6. The van der Waals surface area contributed by atoms with E-state index in [0.29, 0.717) is 0 Å². The van der Waals surface area contributed by atoms with Gasteiger partial charge in [-0.2, -0.15) is 0 Å². The van der Waals surface area contributed by atoms with Crippen molar-refractivity contribution in [2.24, 2.45) is 0 Å². The topological polar surface area (TPSA) is 21.3 Å².